The highest BCUT2D eigenvalue weighted by Crippen LogP contribution is 2.26. The van der Waals surface area contributed by atoms with E-state index >= 15 is 0 Å². The summed E-state index contributed by atoms with van der Waals surface area (Å²) < 4.78 is 12.5. The van der Waals surface area contributed by atoms with Crippen LogP contribution < -0.4 is 10.1 Å². The maximum atomic E-state index is 12.4. The fourth-order valence-corrected chi connectivity index (χ4v) is 3.84. The first-order valence-electron chi connectivity index (χ1n) is 10.4. The molecule has 1 aliphatic heterocycles. The van der Waals surface area contributed by atoms with Crippen molar-refractivity contribution in [1.82, 2.24) is 20.1 Å². The third kappa shape index (κ3) is 4.22. The van der Waals surface area contributed by atoms with E-state index < -0.39 is 0 Å². The molecule has 166 valence electrons. The van der Waals surface area contributed by atoms with Gasteiger partial charge in [0, 0.05) is 31.0 Å². The zero-order chi connectivity index (χ0) is 22.7. The Balaban J connectivity index is 1.76. The minimum Gasteiger partial charge on any atom is -0.497 e. The number of hydrogen-bond donors (Lipinski definition) is 1. The molecule has 1 aromatic heterocycles. The predicted octanol–water partition coefficient (Wildman–Crippen LogP) is 3.29. The molecule has 3 aromatic rings. The zero-order valence-electron chi connectivity index (χ0n) is 18.8. The van der Waals surface area contributed by atoms with Crippen molar-refractivity contribution in [2.75, 3.05) is 27.8 Å². The third-order valence-corrected chi connectivity index (χ3v) is 5.45. The number of ether oxygens (including phenoxy) is 2. The first-order chi connectivity index (χ1) is 15.5. The molecule has 8 heteroatoms. The van der Waals surface area contributed by atoms with Crippen LogP contribution in [-0.4, -0.2) is 54.3 Å². The van der Waals surface area contributed by atoms with E-state index in [9.17, 15) is 4.79 Å². The number of aromatic nitrogens is 2. The van der Waals surface area contributed by atoms with Gasteiger partial charge in [-0.1, -0.05) is 18.2 Å². The number of carbonyl (C=O) groups excluding carboxylic acids is 1. The number of nitrogens with one attached hydrogen (secondary N) is 1. The van der Waals surface area contributed by atoms with Gasteiger partial charge in [0.15, 0.2) is 0 Å². The van der Waals surface area contributed by atoms with E-state index in [1.807, 2.05) is 60.1 Å². The molecule has 8 nitrogen and oxygen atoms in total. The summed E-state index contributed by atoms with van der Waals surface area (Å²) >= 11 is 0. The van der Waals surface area contributed by atoms with Gasteiger partial charge in [-0.25, -0.2) is 14.5 Å². The van der Waals surface area contributed by atoms with Gasteiger partial charge in [-0.3, -0.25) is 0 Å². The summed E-state index contributed by atoms with van der Waals surface area (Å²) in [6.45, 7) is 2.98. The van der Waals surface area contributed by atoms with Crippen LogP contribution >= 0.6 is 0 Å². The minimum absolute atomic E-state index is 0.239. The summed E-state index contributed by atoms with van der Waals surface area (Å²) in [5.41, 5.74) is 6.55. The van der Waals surface area contributed by atoms with E-state index in [-0.39, 0.29) is 6.03 Å². The van der Waals surface area contributed by atoms with Crippen LogP contribution in [0.25, 0.3) is 5.69 Å². The summed E-state index contributed by atoms with van der Waals surface area (Å²) in [4.78, 5) is 12.4. The molecule has 1 N–H and O–H groups in total. The monoisotopic (exact) mass is 433 g/mol. The maximum Gasteiger partial charge on any atom is 0.337 e. The van der Waals surface area contributed by atoms with E-state index in [2.05, 4.69) is 10.4 Å². The number of hydrogen-bond acceptors (Lipinski definition) is 5. The van der Waals surface area contributed by atoms with E-state index in [1.54, 1.807) is 21.3 Å². The van der Waals surface area contributed by atoms with Crippen molar-refractivity contribution in [3.05, 3.63) is 76.6 Å². The van der Waals surface area contributed by atoms with Crippen LogP contribution in [0, 0.1) is 6.92 Å². The fraction of sp³-hybridized carbons (Fsp3) is 0.292. The van der Waals surface area contributed by atoms with Crippen LogP contribution in [0.4, 0.5) is 4.79 Å². The van der Waals surface area contributed by atoms with E-state index in [1.165, 1.54) is 5.01 Å². The summed E-state index contributed by atoms with van der Waals surface area (Å²) in [6, 6.07) is 15.7. The molecule has 0 fully saturated rings. The number of nitrogens with zero attached hydrogens (tertiary/aromatic N) is 4. The largest absolute Gasteiger partial charge is 0.497 e. The highest BCUT2D eigenvalue weighted by molar-refractivity contribution is 6.14. The summed E-state index contributed by atoms with van der Waals surface area (Å²) in [6.07, 6.45) is 0.701. The van der Waals surface area contributed by atoms with Gasteiger partial charge in [-0.15, -0.1) is 0 Å². The molecule has 2 amide bonds. The van der Waals surface area contributed by atoms with Gasteiger partial charge in [0.2, 0.25) is 0 Å². The second-order valence-corrected chi connectivity index (χ2v) is 7.57. The normalized spacial score (nSPS) is 13.2. The number of aryl methyl sites for hydroxylation is 1. The van der Waals surface area contributed by atoms with Crippen LogP contribution in [-0.2, 0) is 17.8 Å². The number of benzene rings is 2. The molecule has 0 radical (unpaired) electrons. The Morgan fingerprint density at radius 2 is 1.91 bits per heavy atom. The predicted molar refractivity (Wildman–Crippen MR) is 123 cm³/mol. The summed E-state index contributed by atoms with van der Waals surface area (Å²) in [7, 11) is 4.91. The van der Waals surface area contributed by atoms with Crippen molar-refractivity contribution in [1.29, 1.82) is 0 Å². The highest BCUT2D eigenvalue weighted by Gasteiger charge is 2.22. The average Bonchev–Trinajstić information content (AvgIpc) is 3.07. The zero-order valence-corrected chi connectivity index (χ0v) is 18.8. The Hall–Kier alpha value is -3.65. The van der Waals surface area contributed by atoms with Crippen molar-refractivity contribution < 1.29 is 14.3 Å². The SMILES string of the molecule is CNC(=O)N1CCc2ccc(OC)cc2C(c2ccc(-n3nc(COC)cc3C)cc2)=N1. The third-order valence-electron chi connectivity index (χ3n) is 5.45. The van der Waals surface area contributed by atoms with Crippen molar-refractivity contribution in [3.63, 3.8) is 0 Å². The second-order valence-electron chi connectivity index (χ2n) is 7.57. The van der Waals surface area contributed by atoms with Gasteiger partial charge in [-0.05, 0) is 49.2 Å². The molecule has 0 bridgehead atoms. The number of hydrazone groups is 1. The molecule has 4 rings (SSSR count). The lowest BCUT2D eigenvalue weighted by Crippen LogP contribution is -2.35. The molecule has 0 saturated carbocycles. The standard InChI is InChI=1S/C24H27N5O3/c1-16-13-19(15-31-3)26-29(16)20-8-5-18(6-9-20)23-22-14-21(32-4)10-7-17(22)11-12-28(27-23)24(30)25-2/h5-10,13-14H,11-12,15H2,1-4H3,(H,25,30). The average molecular weight is 434 g/mol. The molecule has 2 heterocycles. The molecule has 1 aliphatic rings. The van der Waals surface area contributed by atoms with Crippen molar-refractivity contribution >= 4 is 11.7 Å². The number of methoxy groups -OCH3 is 2. The molecular weight excluding hydrogens is 406 g/mol. The lowest BCUT2D eigenvalue weighted by Gasteiger charge is -2.16. The Kier molecular flexibility index (Phi) is 6.23. The summed E-state index contributed by atoms with van der Waals surface area (Å²) in [5, 5.41) is 13.5. The van der Waals surface area contributed by atoms with Crippen LogP contribution in [0.2, 0.25) is 0 Å². The summed E-state index contributed by atoms with van der Waals surface area (Å²) in [5.74, 6) is 0.749. The minimum atomic E-state index is -0.239. The second kappa shape index (κ2) is 9.23. The molecule has 2 aromatic carbocycles. The van der Waals surface area contributed by atoms with Crippen LogP contribution in [0.3, 0.4) is 0 Å². The Bertz CT molecular complexity index is 1150. The van der Waals surface area contributed by atoms with Crippen LogP contribution in [0.1, 0.15) is 28.1 Å². The molecule has 0 spiro atoms. The van der Waals surface area contributed by atoms with Gasteiger partial charge in [0.25, 0.3) is 0 Å². The maximum absolute atomic E-state index is 12.4. The Morgan fingerprint density at radius 1 is 1.12 bits per heavy atom. The smallest absolute Gasteiger partial charge is 0.337 e. The van der Waals surface area contributed by atoms with Crippen LogP contribution in [0.5, 0.6) is 5.75 Å². The first kappa shape index (κ1) is 21.6. The number of urea groups is 1. The van der Waals surface area contributed by atoms with Crippen molar-refractivity contribution in [3.8, 4) is 11.4 Å². The lowest BCUT2D eigenvalue weighted by molar-refractivity contribution is 0.181. The molecular formula is C24H27N5O3. The quantitative estimate of drug-likeness (QED) is 0.670. The molecule has 32 heavy (non-hydrogen) atoms. The van der Waals surface area contributed by atoms with E-state index in [0.717, 1.165) is 45.2 Å². The van der Waals surface area contributed by atoms with E-state index in [0.29, 0.717) is 19.6 Å². The highest BCUT2D eigenvalue weighted by atomic mass is 16.5. The van der Waals surface area contributed by atoms with Crippen molar-refractivity contribution in [2.24, 2.45) is 5.10 Å². The van der Waals surface area contributed by atoms with Crippen LogP contribution in [0.15, 0.2) is 53.6 Å². The molecule has 0 saturated heterocycles. The van der Waals surface area contributed by atoms with E-state index in [4.69, 9.17) is 14.6 Å². The van der Waals surface area contributed by atoms with Gasteiger partial charge < -0.3 is 14.8 Å². The van der Waals surface area contributed by atoms with Crippen molar-refractivity contribution in [2.45, 2.75) is 20.0 Å². The number of amides is 2. The molecule has 0 unspecified atom stereocenters. The number of carbonyl (C=O) groups is 1. The Morgan fingerprint density at radius 3 is 2.59 bits per heavy atom. The Labute approximate surface area is 187 Å². The fourth-order valence-electron chi connectivity index (χ4n) is 3.84. The van der Waals surface area contributed by atoms with Gasteiger partial charge in [-0.2, -0.15) is 10.2 Å². The molecule has 0 aliphatic carbocycles. The number of fused-ring (bicyclic) bond motifs is 1. The molecule has 0 atom stereocenters. The number of rotatable bonds is 5. The lowest BCUT2D eigenvalue weighted by atomic mass is 9.96. The first-order valence-corrected chi connectivity index (χ1v) is 10.4. The van der Waals surface area contributed by atoms with Gasteiger partial charge >= 0.3 is 6.03 Å². The van der Waals surface area contributed by atoms with Gasteiger partial charge in [0.05, 0.1) is 37.4 Å². The topological polar surface area (TPSA) is 81.0 Å². The van der Waals surface area contributed by atoms with Gasteiger partial charge in [0.1, 0.15) is 5.75 Å².